The van der Waals surface area contributed by atoms with Gasteiger partial charge in [-0.1, -0.05) is 17.7 Å². The number of amides is 3. The summed E-state index contributed by atoms with van der Waals surface area (Å²) >= 11 is 5.70. The first-order chi connectivity index (χ1) is 12.8. The van der Waals surface area contributed by atoms with Crippen LogP contribution in [0.3, 0.4) is 0 Å². The van der Waals surface area contributed by atoms with Crippen molar-refractivity contribution in [2.75, 3.05) is 22.1 Å². The summed E-state index contributed by atoms with van der Waals surface area (Å²) in [5.74, 6) is -2.13. The molecule has 1 fully saturated rings. The van der Waals surface area contributed by atoms with Crippen molar-refractivity contribution in [2.24, 2.45) is 5.92 Å². The van der Waals surface area contributed by atoms with E-state index in [9.17, 15) is 18.8 Å². The van der Waals surface area contributed by atoms with Crippen LogP contribution in [0.4, 0.5) is 21.5 Å². The van der Waals surface area contributed by atoms with Crippen molar-refractivity contribution in [1.82, 2.24) is 0 Å². The number of hydrogen-bond acceptors (Lipinski definition) is 3. The van der Waals surface area contributed by atoms with Gasteiger partial charge in [-0.3, -0.25) is 14.4 Å². The first kappa shape index (κ1) is 18.8. The fourth-order valence-electron chi connectivity index (χ4n) is 2.91. The smallest absolute Gasteiger partial charge is 0.229 e. The van der Waals surface area contributed by atoms with E-state index in [2.05, 4.69) is 10.6 Å². The van der Waals surface area contributed by atoms with Crippen LogP contribution in [0.2, 0.25) is 5.02 Å². The maximum Gasteiger partial charge on any atom is 0.229 e. The Morgan fingerprint density at radius 1 is 1.19 bits per heavy atom. The van der Waals surface area contributed by atoms with Gasteiger partial charge < -0.3 is 15.5 Å². The number of nitrogens with zero attached hydrogens (tertiary/aromatic N) is 1. The molecule has 0 spiro atoms. The predicted molar refractivity (Wildman–Crippen MR) is 101 cm³/mol. The lowest BCUT2D eigenvalue weighted by molar-refractivity contribution is -0.122. The Labute approximate surface area is 160 Å². The number of rotatable bonds is 4. The molecule has 2 aromatic carbocycles. The summed E-state index contributed by atoms with van der Waals surface area (Å²) in [7, 11) is 0. The van der Waals surface area contributed by atoms with Crippen LogP contribution in [0.5, 0.6) is 0 Å². The normalized spacial score (nSPS) is 16.3. The lowest BCUT2D eigenvalue weighted by Gasteiger charge is -2.18. The Morgan fingerprint density at radius 3 is 2.67 bits per heavy atom. The Bertz CT molecular complexity index is 919. The molecule has 1 aliphatic heterocycles. The van der Waals surface area contributed by atoms with Crippen LogP contribution in [0.1, 0.15) is 13.3 Å². The van der Waals surface area contributed by atoms with E-state index in [4.69, 9.17) is 11.6 Å². The highest BCUT2D eigenvalue weighted by molar-refractivity contribution is 6.30. The highest BCUT2D eigenvalue weighted by Crippen LogP contribution is 2.28. The van der Waals surface area contributed by atoms with Gasteiger partial charge in [-0.15, -0.1) is 0 Å². The maximum absolute atomic E-state index is 13.9. The standard InChI is InChI=1S/C19H17ClFN3O3/c1-11(25)22-14-3-2-4-15(9-14)24-10-12(7-18(24)26)19(27)23-17-6-5-13(20)8-16(17)21/h2-6,8-9,12H,7,10H2,1H3,(H,22,25)(H,23,27). The zero-order chi connectivity index (χ0) is 19.6. The van der Waals surface area contributed by atoms with Crippen molar-refractivity contribution in [3.63, 3.8) is 0 Å². The van der Waals surface area contributed by atoms with Gasteiger partial charge in [0, 0.05) is 36.3 Å². The molecule has 3 amide bonds. The minimum absolute atomic E-state index is 0.0166. The summed E-state index contributed by atoms with van der Waals surface area (Å²) < 4.78 is 13.9. The molecule has 27 heavy (non-hydrogen) atoms. The second-order valence-electron chi connectivity index (χ2n) is 6.25. The lowest BCUT2D eigenvalue weighted by atomic mass is 10.1. The Morgan fingerprint density at radius 2 is 1.96 bits per heavy atom. The van der Waals surface area contributed by atoms with Crippen LogP contribution in [0, 0.1) is 11.7 Å². The number of carbonyl (C=O) groups excluding carboxylic acids is 3. The number of benzene rings is 2. The van der Waals surface area contributed by atoms with Crippen molar-refractivity contribution < 1.29 is 18.8 Å². The first-order valence-electron chi connectivity index (χ1n) is 8.27. The number of hydrogen-bond donors (Lipinski definition) is 2. The molecule has 140 valence electrons. The van der Waals surface area contributed by atoms with Gasteiger partial charge in [0.1, 0.15) is 5.82 Å². The third-order valence-electron chi connectivity index (χ3n) is 4.16. The SMILES string of the molecule is CC(=O)Nc1cccc(N2CC(C(=O)Nc3ccc(Cl)cc3F)CC2=O)c1. The molecular weight excluding hydrogens is 373 g/mol. The summed E-state index contributed by atoms with van der Waals surface area (Å²) in [5, 5.41) is 5.38. The highest BCUT2D eigenvalue weighted by Gasteiger charge is 2.35. The molecule has 0 bridgehead atoms. The summed E-state index contributed by atoms with van der Waals surface area (Å²) in [5.41, 5.74) is 1.16. The van der Waals surface area contributed by atoms with E-state index < -0.39 is 17.6 Å². The van der Waals surface area contributed by atoms with Crippen LogP contribution in [0.15, 0.2) is 42.5 Å². The van der Waals surface area contributed by atoms with Crippen LogP contribution in [0.25, 0.3) is 0 Å². The molecule has 0 radical (unpaired) electrons. The van der Waals surface area contributed by atoms with Crippen LogP contribution in [-0.2, 0) is 14.4 Å². The van der Waals surface area contributed by atoms with Gasteiger partial charge in [0.05, 0.1) is 11.6 Å². The molecule has 2 N–H and O–H groups in total. The van der Waals surface area contributed by atoms with E-state index in [1.807, 2.05) is 0 Å². The molecule has 2 aromatic rings. The van der Waals surface area contributed by atoms with Gasteiger partial charge in [0.15, 0.2) is 0 Å². The summed E-state index contributed by atoms with van der Waals surface area (Å²) in [6, 6.07) is 10.8. The van der Waals surface area contributed by atoms with E-state index in [0.717, 1.165) is 6.07 Å². The molecule has 0 aliphatic carbocycles. The predicted octanol–water partition coefficient (Wildman–Crippen LogP) is 3.43. The fraction of sp³-hybridized carbons (Fsp3) is 0.211. The number of nitrogens with one attached hydrogen (secondary N) is 2. The summed E-state index contributed by atoms with van der Waals surface area (Å²) in [6.07, 6.45) is 0.0193. The fourth-order valence-corrected chi connectivity index (χ4v) is 3.07. The van der Waals surface area contributed by atoms with Crippen LogP contribution >= 0.6 is 11.6 Å². The molecular formula is C19H17ClFN3O3. The van der Waals surface area contributed by atoms with E-state index in [-0.39, 0.29) is 35.5 Å². The van der Waals surface area contributed by atoms with Gasteiger partial charge in [0.25, 0.3) is 0 Å². The molecule has 1 unspecified atom stereocenters. The summed E-state index contributed by atoms with van der Waals surface area (Å²) in [6.45, 7) is 1.56. The van der Waals surface area contributed by atoms with Crippen LogP contribution in [-0.4, -0.2) is 24.3 Å². The maximum atomic E-state index is 13.9. The van der Waals surface area contributed by atoms with Crippen molar-refractivity contribution in [3.05, 3.63) is 53.3 Å². The average molecular weight is 390 g/mol. The largest absolute Gasteiger partial charge is 0.326 e. The Balaban J connectivity index is 1.71. The van der Waals surface area contributed by atoms with E-state index in [1.54, 1.807) is 24.3 Å². The van der Waals surface area contributed by atoms with Gasteiger partial charge in [-0.25, -0.2) is 4.39 Å². The molecule has 0 aromatic heterocycles. The topological polar surface area (TPSA) is 78.5 Å². The second kappa shape index (κ2) is 7.75. The molecule has 8 heteroatoms. The lowest BCUT2D eigenvalue weighted by Crippen LogP contribution is -2.28. The van der Waals surface area contributed by atoms with Crippen molar-refractivity contribution in [2.45, 2.75) is 13.3 Å². The van der Waals surface area contributed by atoms with Crippen LogP contribution < -0.4 is 15.5 Å². The third kappa shape index (κ3) is 4.43. The molecule has 1 saturated heterocycles. The molecule has 0 saturated carbocycles. The monoisotopic (exact) mass is 389 g/mol. The molecule has 1 atom stereocenters. The molecule has 1 aliphatic rings. The van der Waals surface area contributed by atoms with Crippen molar-refractivity contribution >= 4 is 46.4 Å². The van der Waals surface area contributed by atoms with E-state index in [1.165, 1.54) is 24.0 Å². The second-order valence-corrected chi connectivity index (χ2v) is 6.69. The zero-order valence-corrected chi connectivity index (χ0v) is 15.2. The minimum Gasteiger partial charge on any atom is -0.326 e. The summed E-state index contributed by atoms with van der Waals surface area (Å²) in [4.78, 5) is 37.5. The molecule has 1 heterocycles. The van der Waals surface area contributed by atoms with Crippen molar-refractivity contribution in [1.29, 1.82) is 0 Å². The number of anilines is 3. The van der Waals surface area contributed by atoms with Crippen molar-refractivity contribution in [3.8, 4) is 0 Å². The Kier molecular flexibility index (Phi) is 5.41. The highest BCUT2D eigenvalue weighted by atomic mass is 35.5. The van der Waals surface area contributed by atoms with E-state index in [0.29, 0.717) is 11.4 Å². The first-order valence-corrected chi connectivity index (χ1v) is 8.65. The number of carbonyl (C=O) groups is 3. The Hall–Kier alpha value is -2.93. The quantitative estimate of drug-likeness (QED) is 0.840. The van der Waals surface area contributed by atoms with Gasteiger partial charge in [-0.2, -0.15) is 0 Å². The average Bonchev–Trinajstić information content (AvgIpc) is 2.99. The zero-order valence-electron chi connectivity index (χ0n) is 14.5. The van der Waals surface area contributed by atoms with Gasteiger partial charge in [0.2, 0.25) is 17.7 Å². The van der Waals surface area contributed by atoms with E-state index >= 15 is 0 Å². The van der Waals surface area contributed by atoms with Gasteiger partial charge in [-0.05, 0) is 36.4 Å². The van der Waals surface area contributed by atoms with Gasteiger partial charge >= 0.3 is 0 Å². The third-order valence-corrected chi connectivity index (χ3v) is 4.40. The number of halogens is 2. The molecule has 6 nitrogen and oxygen atoms in total. The molecule has 3 rings (SSSR count). The minimum atomic E-state index is -0.639.